The van der Waals surface area contributed by atoms with Crippen molar-refractivity contribution in [3.05, 3.63) is 56.7 Å². The van der Waals surface area contributed by atoms with E-state index in [1.807, 2.05) is 13.8 Å². The Morgan fingerprint density at radius 3 is 2.30 bits per heavy atom. The summed E-state index contributed by atoms with van der Waals surface area (Å²) < 4.78 is 59.0. The molecule has 2 saturated heterocycles. The number of aromatic hydroxyl groups is 1. The van der Waals surface area contributed by atoms with E-state index >= 15 is 4.39 Å². The largest absolute Gasteiger partial charge is 0.504 e. The first kappa shape index (κ1) is 31.8. The Morgan fingerprint density at radius 2 is 1.73 bits per heavy atom. The van der Waals surface area contributed by atoms with Crippen LogP contribution in [0, 0.1) is 5.82 Å². The Bertz CT molecular complexity index is 1660. The van der Waals surface area contributed by atoms with E-state index in [0.29, 0.717) is 19.2 Å². The third kappa shape index (κ3) is 5.54. The van der Waals surface area contributed by atoms with Gasteiger partial charge in [0.1, 0.15) is 22.7 Å². The molecule has 2 fully saturated rings. The van der Waals surface area contributed by atoms with Gasteiger partial charge in [0.25, 0.3) is 5.56 Å². The fraction of sp³-hybridized carbons (Fsp3) is 0.429. The number of halogens is 6. The third-order valence-electron chi connectivity index (χ3n) is 8.02. The predicted molar refractivity (Wildman–Crippen MR) is 160 cm³/mol. The molecule has 0 saturated carbocycles. The van der Waals surface area contributed by atoms with Gasteiger partial charge in [0.2, 0.25) is 11.9 Å². The minimum Gasteiger partial charge on any atom is -0.504 e. The second-order valence-corrected chi connectivity index (χ2v) is 11.2. The molecule has 2 aromatic heterocycles. The summed E-state index contributed by atoms with van der Waals surface area (Å²) in [6.45, 7) is 11.1. The number of rotatable bonds is 7. The molecule has 3 aromatic rings. The molecule has 2 aliphatic rings. The summed E-state index contributed by atoms with van der Waals surface area (Å²) in [6, 6.07) is 1.66. The Hall–Kier alpha value is -3.62. The van der Waals surface area contributed by atoms with Crippen LogP contribution in [-0.4, -0.2) is 93.7 Å². The fourth-order valence-electron chi connectivity index (χ4n) is 5.61. The highest BCUT2D eigenvalue weighted by Crippen LogP contribution is 2.41. The lowest BCUT2D eigenvalue weighted by molar-refractivity contribution is -0.142. The maximum Gasteiger partial charge on any atom is 0.431 e. The van der Waals surface area contributed by atoms with E-state index in [9.17, 15) is 27.9 Å². The number of aromatic nitrogens is 3. The molecular weight excluding hydrogens is 629 g/mol. The lowest BCUT2D eigenvalue weighted by Gasteiger charge is -2.45. The van der Waals surface area contributed by atoms with Gasteiger partial charge >= 0.3 is 6.18 Å². The number of piperazine rings is 1. The second kappa shape index (κ2) is 12.1. The van der Waals surface area contributed by atoms with Gasteiger partial charge in [0.15, 0.2) is 11.6 Å². The zero-order valence-electron chi connectivity index (χ0n) is 23.8. The summed E-state index contributed by atoms with van der Waals surface area (Å²) in [5.41, 5.74) is -4.52. The lowest BCUT2D eigenvalue weighted by atomic mass is 10.1. The molecule has 0 unspecified atom stereocenters. The maximum atomic E-state index is 15.3. The minimum atomic E-state index is -5.19. The summed E-state index contributed by atoms with van der Waals surface area (Å²) in [6.07, 6.45) is -4.01. The number of hydrogen-bond acceptors (Lipinski definition) is 8. The molecule has 44 heavy (non-hydrogen) atoms. The molecule has 0 atom stereocenters. The number of alkyl halides is 3. The number of carbonyl (C=O) groups excluding carboxylic acids is 1. The van der Waals surface area contributed by atoms with Crippen LogP contribution in [0.1, 0.15) is 19.5 Å². The Morgan fingerprint density at radius 1 is 1.09 bits per heavy atom. The molecule has 5 rings (SSSR count). The highest BCUT2D eigenvalue weighted by Gasteiger charge is 2.40. The van der Waals surface area contributed by atoms with E-state index in [1.54, 1.807) is 14.7 Å². The monoisotopic (exact) mass is 657 g/mol. The molecular formula is C28H29Cl2F4N7O3. The van der Waals surface area contributed by atoms with Crippen molar-refractivity contribution in [2.45, 2.75) is 26.1 Å². The highest BCUT2D eigenvalue weighted by atomic mass is 35.5. The van der Waals surface area contributed by atoms with Gasteiger partial charge in [0, 0.05) is 45.3 Å². The maximum absolute atomic E-state index is 15.3. The van der Waals surface area contributed by atoms with Crippen LogP contribution in [0.2, 0.25) is 10.0 Å². The van der Waals surface area contributed by atoms with Crippen molar-refractivity contribution < 1.29 is 27.5 Å². The molecule has 0 spiro atoms. The number of amides is 1. The molecule has 0 aliphatic carbocycles. The molecule has 236 valence electrons. The normalized spacial score (nSPS) is 16.2. The first-order chi connectivity index (χ1) is 20.8. The summed E-state index contributed by atoms with van der Waals surface area (Å²) in [5.74, 6) is -2.68. The lowest BCUT2D eigenvalue weighted by Crippen LogP contribution is -2.60. The van der Waals surface area contributed by atoms with Crippen molar-refractivity contribution in [2.24, 2.45) is 0 Å². The number of carbonyl (C=O) groups is 1. The highest BCUT2D eigenvalue weighted by molar-refractivity contribution is 6.36. The molecule has 0 radical (unpaired) electrons. The molecule has 1 N–H and O–H groups in total. The van der Waals surface area contributed by atoms with Crippen LogP contribution in [0.3, 0.4) is 0 Å². The van der Waals surface area contributed by atoms with Crippen LogP contribution in [0.5, 0.6) is 5.75 Å². The van der Waals surface area contributed by atoms with Gasteiger partial charge < -0.3 is 19.8 Å². The number of pyridine rings is 1. The first-order valence-corrected chi connectivity index (χ1v) is 14.6. The number of anilines is 2. The summed E-state index contributed by atoms with van der Waals surface area (Å²) in [5, 5.41) is 9.09. The summed E-state index contributed by atoms with van der Waals surface area (Å²) in [4.78, 5) is 42.4. The number of fused-ring (bicyclic) bond motifs is 1. The van der Waals surface area contributed by atoms with Crippen molar-refractivity contribution >= 4 is 51.8 Å². The van der Waals surface area contributed by atoms with E-state index in [1.165, 1.54) is 6.08 Å². The average molecular weight is 658 g/mol. The molecule has 4 heterocycles. The molecule has 1 amide bonds. The van der Waals surface area contributed by atoms with Crippen LogP contribution >= 0.6 is 23.2 Å². The molecule has 10 nitrogen and oxygen atoms in total. The number of phenols is 1. The quantitative estimate of drug-likeness (QED) is 0.228. The van der Waals surface area contributed by atoms with Gasteiger partial charge in [-0.1, -0.05) is 43.6 Å². The average Bonchev–Trinajstić information content (AvgIpc) is 2.97. The standard InChI is InChI=1S/C28H29Cl2F4N7O3/c1-4-20(42)38-7-9-39(10-8-38)25-16-11-19(28(32,33)34)41(23-21(31)17(29)12-18(30)24(23)43)26(44)22(16)35-27(36-25)40-13-15(14-40)37(5-2)6-3/h4,11-12,15,43H,1,5-10,13-14H2,2-3H3. The molecule has 2 aliphatic heterocycles. The van der Waals surface area contributed by atoms with Crippen molar-refractivity contribution in [1.29, 1.82) is 0 Å². The van der Waals surface area contributed by atoms with E-state index in [0.717, 1.165) is 19.2 Å². The van der Waals surface area contributed by atoms with Gasteiger partial charge in [-0.25, -0.2) is 9.37 Å². The zero-order chi connectivity index (χ0) is 32.1. The van der Waals surface area contributed by atoms with Gasteiger partial charge in [-0.3, -0.25) is 19.1 Å². The number of hydrogen-bond donors (Lipinski definition) is 1. The smallest absolute Gasteiger partial charge is 0.431 e. The van der Waals surface area contributed by atoms with E-state index in [2.05, 4.69) is 21.4 Å². The number of benzene rings is 1. The van der Waals surface area contributed by atoms with Gasteiger partial charge in [-0.05, 0) is 31.3 Å². The summed E-state index contributed by atoms with van der Waals surface area (Å²) in [7, 11) is 0. The second-order valence-electron chi connectivity index (χ2n) is 10.4. The number of phenolic OH excluding ortho intramolecular Hbond substituents is 1. The number of nitrogens with zero attached hydrogens (tertiary/aromatic N) is 7. The minimum absolute atomic E-state index is 0.000813. The van der Waals surface area contributed by atoms with Gasteiger partial charge in [-0.15, -0.1) is 0 Å². The third-order valence-corrected chi connectivity index (χ3v) is 8.58. The van der Waals surface area contributed by atoms with Gasteiger partial charge in [-0.2, -0.15) is 18.2 Å². The SMILES string of the molecule is C=CC(=O)N1CCN(c2nc(N3CC(N(CC)CC)C3)nc3c(=O)n(-c4c(O)c(Cl)cc(Cl)c4F)c(C(F)(F)F)cc23)CC1. The van der Waals surface area contributed by atoms with Crippen molar-refractivity contribution in [2.75, 3.05) is 62.2 Å². The zero-order valence-corrected chi connectivity index (χ0v) is 25.3. The van der Waals surface area contributed by atoms with Gasteiger partial charge in [0.05, 0.1) is 15.4 Å². The molecule has 1 aromatic carbocycles. The summed E-state index contributed by atoms with van der Waals surface area (Å²) >= 11 is 11.8. The molecule has 0 bridgehead atoms. The van der Waals surface area contributed by atoms with Crippen molar-refractivity contribution in [3.8, 4) is 11.4 Å². The Kier molecular flexibility index (Phi) is 8.71. The van der Waals surface area contributed by atoms with Crippen molar-refractivity contribution in [3.63, 3.8) is 0 Å². The van der Waals surface area contributed by atoms with Crippen LogP contribution in [0.25, 0.3) is 16.6 Å². The van der Waals surface area contributed by atoms with E-state index in [4.69, 9.17) is 23.2 Å². The molecule has 16 heteroatoms. The van der Waals surface area contributed by atoms with E-state index in [-0.39, 0.29) is 59.8 Å². The van der Waals surface area contributed by atoms with Crippen LogP contribution in [-0.2, 0) is 11.0 Å². The fourth-order valence-corrected chi connectivity index (χ4v) is 6.06. The van der Waals surface area contributed by atoms with Crippen LogP contribution in [0.4, 0.5) is 29.3 Å². The Labute approximate surface area is 259 Å². The van der Waals surface area contributed by atoms with Crippen LogP contribution < -0.4 is 15.4 Å². The van der Waals surface area contributed by atoms with Crippen molar-refractivity contribution in [1.82, 2.24) is 24.3 Å². The topological polar surface area (TPSA) is 98.0 Å². The predicted octanol–water partition coefficient (Wildman–Crippen LogP) is 4.32. The van der Waals surface area contributed by atoms with E-state index < -0.39 is 50.2 Å². The first-order valence-electron chi connectivity index (χ1n) is 13.9. The number of likely N-dealkylation sites (N-methyl/N-ethyl adjacent to an activating group) is 1. The van der Waals surface area contributed by atoms with Crippen LogP contribution in [0.15, 0.2) is 29.6 Å². The Balaban J connectivity index is 1.74.